The molecule has 1 amide bonds. The minimum absolute atomic E-state index is 0.214. The highest BCUT2D eigenvalue weighted by Crippen LogP contribution is 2.29. The minimum Gasteiger partial charge on any atom is -0.298 e. The SMILES string of the molecule is CC(C)c1ccc2nc(NC(=O)c3ccc(F)cc3F)sc2c1. The van der Waals surface area contributed by atoms with Crippen LogP contribution in [0.3, 0.4) is 0 Å². The topological polar surface area (TPSA) is 42.0 Å². The highest BCUT2D eigenvalue weighted by atomic mass is 32.1. The second-order valence-corrected chi connectivity index (χ2v) is 6.51. The summed E-state index contributed by atoms with van der Waals surface area (Å²) < 4.78 is 27.5. The van der Waals surface area contributed by atoms with Gasteiger partial charge < -0.3 is 0 Å². The number of hydrogen-bond acceptors (Lipinski definition) is 3. The van der Waals surface area contributed by atoms with Gasteiger partial charge in [-0.15, -0.1) is 0 Å². The third-order valence-corrected chi connectivity index (χ3v) is 4.41. The van der Waals surface area contributed by atoms with Crippen LogP contribution in [0.15, 0.2) is 36.4 Å². The van der Waals surface area contributed by atoms with Crippen LogP contribution >= 0.6 is 11.3 Å². The summed E-state index contributed by atoms with van der Waals surface area (Å²) in [7, 11) is 0. The quantitative estimate of drug-likeness (QED) is 0.737. The number of amides is 1. The number of carbonyl (C=O) groups is 1. The number of hydrogen-bond donors (Lipinski definition) is 1. The second kappa shape index (κ2) is 6.04. The van der Waals surface area contributed by atoms with Crippen LogP contribution in [0.25, 0.3) is 10.2 Å². The molecule has 0 aliphatic carbocycles. The van der Waals surface area contributed by atoms with Crippen LogP contribution in [-0.4, -0.2) is 10.9 Å². The molecule has 1 aromatic heterocycles. The predicted molar refractivity (Wildman–Crippen MR) is 88.0 cm³/mol. The number of carbonyl (C=O) groups excluding carboxylic acids is 1. The molecule has 1 N–H and O–H groups in total. The average molecular weight is 332 g/mol. The zero-order valence-corrected chi connectivity index (χ0v) is 13.4. The van der Waals surface area contributed by atoms with Gasteiger partial charge in [0, 0.05) is 6.07 Å². The van der Waals surface area contributed by atoms with Gasteiger partial charge in [0.1, 0.15) is 11.6 Å². The Morgan fingerprint density at radius 3 is 2.65 bits per heavy atom. The number of thiazole rings is 1. The number of halogens is 2. The molecule has 6 heteroatoms. The normalized spacial score (nSPS) is 11.2. The van der Waals surface area contributed by atoms with Gasteiger partial charge in [-0.05, 0) is 35.7 Å². The lowest BCUT2D eigenvalue weighted by Crippen LogP contribution is -2.13. The Balaban J connectivity index is 1.87. The zero-order valence-electron chi connectivity index (χ0n) is 12.6. The monoisotopic (exact) mass is 332 g/mol. The maximum Gasteiger partial charge on any atom is 0.260 e. The Morgan fingerprint density at radius 2 is 1.96 bits per heavy atom. The number of benzene rings is 2. The first-order valence-corrected chi connectivity index (χ1v) is 7.92. The number of anilines is 1. The average Bonchev–Trinajstić information content (AvgIpc) is 2.87. The van der Waals surface area contributed by atoms with E-state index < -0.39 is 17.5 Å². The van der Waals surface area contributed by atoms with Crippen molar-refractivity contribution in [3.63, 3.8) is 0 Å². The molecule has 0 aliphatic rings. The molecule has 118 valence electrons. The number of fused-ring (bicyclic) bond motifs is 1. The molecule has 3 aromatic rings. The van der Waals surface area contributed by atoms with E-state index in [1.165, 1.54) is 16.9 Å². The third kappa shape index (κ3) is 3.22. The van der Waals surface area contributed by atoms with Gasteiger partial charge in [-0.2, -0.15) is 0 Å². The molecule has 1 heterocycles. The van der Waals surface area contributed by atoms with Crippen LogP contribution in [0.4, 0.5) is 13.9 Å². The van der Waals surface area contributed by atoms with Gasteiger partial charge in [0.2, 0.25) is 0 Å². The van der Waals surface area contributed by atoms with Gasteiger partial charge in [-0.1, -0.05) is 31.3 Å². The van der Waals surface area contributed by atoms with E-state index in [2.05, 4.69) is 24.1 Å². The lowest BCUT2D eigenvalue weighted by molar-refractivity contribution is 0.102. The molecular weight excluding hydrogens is 318 g/mol. The molecule has 3 nitrogen and oxygen atoms in total. The lowest BCUT2D eigenvalue weighted by Gasteiger charge is -2.03. The van der Waals surface area contributed by atoms with Crippen molar-refractivity contribution in [3.05, 3.63) is 59.2 Å². The summed E-state index contributed by atoms with van der Waals surface area (Å²) in [5.74, 6) is -1.87. The first-order chi connectivity index (χ1) is 10.9. The molecule has 23 heavy (non-hydrogen) atoms. The van der Waals surface area contributed by atoms with Crippen LogP contribution in [0.5, 0.6) is 0 Å². The standard InChI is InChI=1S/C17H14F2N2OS/c1-9(2)10-3-6-14-15(7-10)23-17(20-14)21-16(22)12-5-4-11(18)8-13(12)19/h3-9H,1-2H3,(H,20,21,22). The van der Waals surface area contributed by atoms with Crippen molar-refractivity contribution in [1.29, 1.82) is 0 Å². The Morgan fingerprint density at radius 1 is 1.17 bits per heavy atom. The molecule has 0 bridgehead atoms. The molecule has 0 atom stereocenters. The smallest absolute Gasteiger partial charge is 0.260 e. The van der Waals surface area contributed by atoms with Crippen molar-refractivity contribution in [2.45, 2.75) is 19.8 Å². The van der Waals surface area contributed by atoms with E-state index in [9.17, 15) is 13.6 Å². The van der Waals surface area contributed by atoms with Crippen molar-refractivity contribution in [1.82, 2.24) is 4.98 Å². The maximum atomic E-state index is 13.6. The van der Waals surface area contributed by atoms with Gasteiger partial charge in [0.25, 0.3) is 5.91 Å². The molecule has 0 saturated heterocycles. The predicted octanol–water partition coefficient (Wildman–Crippen LogP) is 4.95. The van der Waals surface area contributed by atoms with Crippen LogP contribution < -0.4 is 5.32 Å². The summed E-state index contributed by atoms with van der Waals surface area (Å²) in [6.45, 7) is 4.20. The fourth-order valence-corrected chi connectivity index (χ4v) is 3.10. The largest absolute Gasteiger partial charge is 0.298 e. The van der Waals surface area contributed by atoms with Gasteiger partial charge in [-0.25, -0.2) is 13.8 Å². The number of nitrogens with one attached hydrogen (secondary N) is 1. The summed E-state index contributed by atoms with van der Waals surface area (Å²) in [6.07, 6.45) is 0. The summed E-state index contributed by atoms with van der Waals surface area (Å²) in [6, 6.07) is 8.77. The van der Waals surface area contributed by atoms with Gasteiger partial charge in [0.05, 0.1) is 15.8 Å². The van der Waals surface area contributed by atoms with E-state index >= 15 is 0 Å². The van der Waals surface area contributed by atoms with Crippen molar-refractivity contribution in [2.24, 2.45) is 0 Å². The first kappa shape index (κ1) is 15.6. The van der Waals surface area contributed by atoms with Gasteiger partial charge in [0.15, 0.2) is 5.13 Å². The summed E-state index contributed by atoms with van der Waals surface area (Å²) >= 11 is 1.32. The van der Waals surface area contributed by atoms with Crippen molar-refractivity contribution >= 4 is 32.6 Å². The van der Waals surface area contributed by atoms with Crippen LogP contribution in [-0.2, 0) is 0 Å². The van der Waals surface area contributed by atoms with E-state index in [4.69, 9.17) is 0 Å². The Bertz CT molecular complexity index is 889. The Kier molecular flexibility index (Phi) is 4.09. The fourth-order valence-electron chi connectivity index (χ4n) is 2.19. The zero-order chi connectivity index (χ0) is 16.6. The van der Waals surface area contributed by atoms with E-state index in [0.29, 0.717) is 17.1 Å². The minimum atomic E-state index is -0.897. The molecule has 0 fully saturated rings. The number of nitrogens with zero attached hydrogens (tertiary/aromatic N) is 1. The first-order valence-electron chi connectivity index (χ1n) is 7.11. The Labute approximate surface area is 136 Å². The molecule has 0 saturated carbocycles. The molecule has 0 aliphatic heterocycles. The van der Waals surface area contributed by atoms with Crippen LogP contribution in [0.2, 0.25) is 0 Å². The number of rotatable bonds is 3. The van der Waals surface area contributed by atoms with Crippen LogP contribution in [0, 0.1) is 11.6 Å². The van der Waals surface area contributed by atoms with Crippen molar-refractivity contribution in [3.8, 4) is 0 Å². The van der Waals surface area contributed by atoms with E-state index in [0.717, 1.165) is 22.3 Å². The summed E-state index contributed by atoms with van der Waals surface area (Å²) in [5, 5.41) is 2.95. The van der Waals surface area contributed by atoms with Crippen molar-refractivity contribution < 1.29 is 13.6 Å². The van der Waals surface area contributed by atoms with Gasteiger partial charge >= 0.3 is 0 Å². The molecular formula is C17H14F2N2OS. The highest BCUT2D eigenvalue weighted by Gasteiger charge is 2.15. The molecule has 3 rings (SSSR count). The van der Waals surface area contributed by atoms with E-state index in [1.807, 2.05) is 18.2 Å². The molecule has 0 unspecified atom stereocenters. The summed E-state index contributed by atoms with van der Waals surface area (Å²) in [5.41, 5.74) is 1.74. The molecule has 0 radical (unpaired) electrons. The molecule has 0 spiro atoms. The molecule has 2 aromatic carbocycles. The maximum absolute atomic E-state index is 13.6. The van der Waals surface area contributed by atoms with Gasteiger partial charge in [-0.3, -0.25) is 10.1 Å². The van der Waals surface area contributed by atoms with E-state index in [-0.39, 0.29) is 5.56 Å². The second-order valence-electron chi connectivity index (χ2n) is 5.48. The van der Waals surface area contributed by atoms with Crippen LogP contribution in [0.1, 0.15) is 35.7 Å². The third-order valence-electron chi connectivity index (χ3n) is 3.48. The highest BCUT2D eigenvalue weighted by molar-refractivity contribution is 7.22. The lowest BCUT2D eigenvalue weighted by atomic mass is 10.0. The van der Waals surface area contributed by atoms with Crippen molar-refractivity contribution in [2.75, 3.05) is 5.32 Å². The number of aromatic nitrogens is 1. The summed E-state index contributed by atoms with van der Waals surface area (Å²) in [4.78, 5) is 16.4. The van der Waals surface area contributed by atoms with E-state index in [1.54, 1.807) is 0 Å². The Hall–Kier alpha value is -2.34. The fraction of sp³-hybridized carbons (Fsp3) is 0.176.